The van der Waals surface area contributed by atoms with Gasteiger partial charge in [-0.25, -0.2) is 4.98 Å². The van der Waals surface area contributed by atoms with E-state index in [4.69, 9.17) is 4.42 Å². The molecule has 0 saturated heterocycles. The van der Waals surface area contributed by atoms with Gasteiger partial charge in [-0.15, -0.1) is 22.7 Å². The van der Waals surface area contributed by atoms with Gasteiger partial charge in [-0.2, -0.15) is 0 Å². The topological polar surface area (TPSA) is 55.1 Å². The Balaban J connectivity index is 1.63. The zero-order chi connectivity index (χ0) is 15.5. The van der Waals surface area contributed by atoms with Gasteiger partial charge in [0.1, 0.15) is 6.26 Å². The Morgan fingerprint density at radius 2 is 2.32 bits per heavy atom. The van der Waals surface area contributed by atoms with Crippen molar-refractivity contribution in [3.05, 3.63) is 50.9 Å². The maximum Gasteiger partial charge on any atom is 0.261 e. The van der Waals surface area contributed by atoms with Gasteiger partial charge in [-0.1, -0.05) is 13.0 Å². The van der Waals surface area contributed by atoms with Crippen molar-refractivity contribution in [1.29, 1.82) is 0 Å². The first-order valence-electron chi connectivity index (χ1n) is 7.03. The zero-order valence-electron chi connectivity index (χ0n) is 12.4. The molecule has 0 radical (unpaired) electrons. The van der Waals surface area contributed by atoms with Crippen LogP contribution in [0.5, 0.6) is 0 Å². The van der Waals surface area contributed by atoms with Crippen LogP contribution in [-0.2, 0) is 13.0 Å². The summed E-state index contributed by atoms with van der Waals surface area (Å²) in [6, 6.07) is 5.88. The van der Waals surface area contributed by atoms with E-state index in [2.05, 4.69) is 17.2 Å². The highest BCUT2D eigenvalue weighted by Gasteiger charge is 2.13. The molecular formula is C16H16N2O2S2. The molecule has 0 aliphatic carbocycles. The number of carbonyl (C=O) groups is 1. The Kier molecular flexibility index (Phi) is 4.40. The van der Waals surface area contributed by atoms with Crippen molar-refractivity contribution in [2.24, 2.45) is 0 Å². The highest BCUT2D eigenvalue weighted by atomic mass is 32.1. The van der Waals surface area contributed by atoms with E-state index in [9.17, 15) is 4.79 Å². The molecule has 0 atom stereocenters. The molecule has 1 amide bonds. The first kappa shape index (κ1) is 15.0. The molecule has 0 fully saturated rings. The van der Waals surface area contributed by atoms with Crippen molar-refractivity contribution < 1.29 is 9.21 Å². The molecule has 6 heteroatoms. The summed E-state index contributed by atoms with van der Waals surface area (Å²) in [5.41, 5.74) is 1.96. The molecule has 1 N–H and O–H groups in total. The lowest BCUT2D eigenvalue weighted by Crippen LogP contribution is -2.21. The summed E-state index contributed by atoms with van der Waals surface area (Å²) in [5, 5.41) is 4.87. The fourth-order valence-electron chi connectivity index (χ4n) is 2.14. The summed E-state index contributed by atoms with van der Waals surface area (Å²) < 4.78 is 5.44. The van der Waals surface area contributed by atoms with Crippen LogP contribution in [0.1, 0.15) is 32.7 Å². The minimum atomic E-state index is -0.0616. The standard InChI is InChI=1S/C16H16N2O2S2/c1-3-11-7-14(22-10(11)2)15(19)17-8-12-9-20-16(18-12)13-5-4-6-21-13/h4-7,9H,3,8H2,1-2H3,(H,17,19). The fraction of sp³-hybridized carbons (Fsp3) is 0.250. The van der Waals surface area contributed by atoms with Gasteiger partial charge in [0.15, 0.2) is 0 Å². The van der Waals surface area contributed by atoms with Gasteiger partial charge < -0.3 is 9.73 Å². The average Bonchev–Trinajstić information content (AvgIpc) is 3.24. The third kappa shape index (κ3) is 3.13. The minimum absolute atomic E-state index is 0.0616. The molecule has 0 spiro atoms. The van der Waals surface area contributed by atoms with Crippen molar-refractivity contribution in [3.63, 3.8) is 0 Å². The summed E-state index contributed by atoms with van der Waals surface area (Å²) in [6.45, 7) is 4.51. The van der Waals surface area contributed by atoms with E-state index in [0.29, 0.717) is 12.4 Å². The SMILES string of the molecule is CCc1cc(C(=O)NCc2coc(-c3cccs3)n2)sc1C. The van der Waals surface area contributed by atoms with E-state index in [1.165, 1.54) is 21.8 Å². The van der Waals surface area contributed by atoms with Gasteiger partial charge in [0.25, 0.3) is 5.91 Å². The summed E-state index contributed by atoms with van der Waals surface area (Å²) >= 11 is 3.11. The minimum Gasteiger partial charge on any atom is -0.443 e. The second-order valence-corrected chi connectivity index (χ2v) is 7.05. The fourth-order valence-corrected chi connectivity index (χ4v) is 3.83. The van der Waals surface area contributed by atoms with Gasteiger partial charge in [0.2, 0.25) is 5.89 Å². The van der Waals surface area contributed by atoms with E-state index in [0.717, 1.165) is 21.9 Å². The van der Waals surface area contributed by atoms with Crippen LogP contribution in [0.3, 0.4) is 0 Å². The second kappa shape index (κ2) is 6.46. The monoisotopic (exact) mass is 332 g/mol. The van der Waals surface area contributed by atoms with Gasteiger partial charge in [-0.05, 0) is 36.4 Å². The van der Waals surface area contributed by atoms with Gasteiger partial charge in [0.05, 0.1) is 22.0 Å². The van der Waals surface area contributed by atoms with Crippen LogP contribution in [0.25, 0.3) is 10.8 Å². The largest absolute Gasteiger partial charge is 0.443 e. The smallest absolute Gasteiger partial charge is 0.261 e. The van der Waals surface area contributed by atoms with Crippen LogP contribution in [0.4, 0.5) is 0 Å². The lowest BCUT2D eigenvalue weighted by molar-refractivity contribution is 0.0954. The molecule has 3 aromatic rings. The summed E-state index contributed by atoms with van der Waals surface area (Å²) in [5.74, 6) is 0.535. The first-order chi connectivity index (χ1) is 10.7. The van der Waals surface area contributed by atoms with E-state index >= 15 is 0 Å². The van der Waals surface area contributed by atoms with Gasteiger partial charge in [-0.3, -0.25) is 4.79 Å². The predicted octanol–water partition coefficient (Wildman–Crippen LogP) is 4.27. The highest BCUT2D eigenvalue weighted by molar-refractivity contribution is 7.14. The molecule has 3 aromatic heterocycles. The lowest BCUT2D eigenvalue weighted by Gasteiger charge is -1.99. The summed E-state index contributed by atoms with van der Waals surface area (Å²) in [7, 11) is 0. The van der Waals surface area contributed by atoms with Crippen LogP contribution in [-0.4, -0.2) is 10.9 Å². The number of thiophene rings is 2. The third-order valence-corrected chi connectivity index (χ3v) is 5.29. The van der Waals surface area contributed by atoms with Crippen molar-refractivity contribution in [2.45, 2.75) is 26.8 Å². The Bertz CT molecular complexity index is 772. The molecule has 114 valence electrons. The molecule has 4 nitrogen and oxygen atoms in total. The molecule has 0 bridgehead atoms. The quantitative estimate of drug-likeness (QED) is 0.759. The van der Waals surface area contributed by atoms with Crippen LogP contribution in [0.15, 0.2) is 34.3 Å². The highest BCUT2D eigenvalue weighted by Crippen LogP contribution is 2.24. The molecule has 0 unspecified atom stereocenters. The van der Waals surface area contributed by atoms with Crippen LogP contribution < -0.4 is 5.32 Å². The van der Waals surface area contributed by atoms with Crippen LogP contribution in [0.2, 0.25) is 0 Å². The van der Waals surface area contributed by atoms with Crippen molar-refractivity contribution in [3.8, 4) is 10.8 Å². The number of oxazole rings is 1. The number of rotatable bonds is 5. The van der Waals surface area contributed by atoms with E-state index in [-0.39, 0.29) is 5.91 Å². The molecule has 3 heterocycles. The van der Waals surface area contributed by atoms with Crippen molar-refractivity contribution in [2.75, 3.05) is 0 Å². The van der Waals surface area contributed by atoms with Gasteiger partial charge >= 0.3 is 0 Å². The normalized spacial score (nSPS) is 10.8. The Morgan fingerprint density at radius 1 is 1.45 bits per heavy atom. The van der Waals surface area contributed by atoms with Gasteiger partial charge in [0, 0.05) is 4.88 Å². The number of carbonyl (C=O) groups excluding carboxylic acids is 1. The molecular weight excluding hydrogens is 316 g/mol. The Labute approximate surface area is 136 Å². The number of hydrogen-bond donors (Lipinski definition) is 1. The number of nitrogens with zero attached hydrogens (tertiary/aromatic N) is 1. The van der Waals surface area contributed by atoms with Crippen LogP contribution >= 0.6 is 22.7 Å². The third-order valence-electron chi connectivity index (χ3n) is 3.34. The number of hydrogen-bond acceptors (Lipinski definition) is 5. The molecule has 0 aliphatic rings. The molecule has 0 saturated carbocycles. The predicted molar refractivity (Wildman–Crippen MR) is 89.4 cm³/mol. The first-order valence-corrected chi connectivity index (χ1v) is 8.72. The van der Waals surface area contributed by atoms with Crippen LogP contribution in [0, 0.1) is 6.92 Å². The number of aromatic nitrogens is 1. The Morgan fingerprint density at radius 3 is 3.00 bits per heavy atom. The molecule has 22 heavy (non-hydrogen) atoms. The average molecular weight is 332 g/mol. The lowest BCUT2D eigenvalue weighted by atomic mass is 10.2. The molecule has 0 aliphatic heterocycles. The Hall–Kier alpha value is -1.92. The van der Waals surface area contributed by atoms with Crippen molar-refractivity contribution >= 4 is 28.6 Å². The van der Waals surface area contributed by atoms with E-state index in [1.54, 1.807) is 17.6 Å². The maximum atomic E-state index is 12.2. The van der Waals surface area contributed by atoms with Crippen molar-refractivity contribution in [1.82, 2.24) is 10.3 Å². The summed E-state index contributed by atoms with van der Waals surface area (Å²) in [6.07, 6.45) is 2.54. The summed E-state index contributed by atoms with van der Waals surface area (Å²) in [4.78, 5) is 19.5. The molecule has 0 aromatic carbocycles. The number of aryl methyl sites for hydroxylation is 2. The second-order valence-electron chi connectivity index (χ2n) is 4.85. The number of nitrogens with one attached hydrogen (secondary N) is 1. The number of amides is 1. The molecule has 3 rings (SSSR count). The van der Waals surface area contributed by atoms with E-state index < -0.39 is 0 Å². The zero-order valence-corrected chi connectivity index (χ0v) is 14.0. The maximum absolute atomic E-state index is 12.2. The van der Waals surface area contributed by atoms with E-state index in [1.807, 2.05) is 30.5 Å².